The Kier molecular flexibility index (Phi) is 3.39. The summed E-state index contributed by atoms with van der Waals surface area (Å²) in [5.41, 5.74) is 6.42. The van der Waals surface area contributed by atoms with E-state index in [4.69, 9.17) is 10.5 Å². The van der Waals surface area contributed by atoms with Crippen molar-refractivity contribution in [1.29, 1.82) is 0 Å². The highest BCUT2D eigenvalue weighted by molar-refractivity contribution is 5.37. The van der Waals surface area contributed by atoms with Crippen LogP contribution >= 0.6 is 0 Å². The van der Waals surface area contributed by atoms with Crippen molar-refractivity contribution < 1.29 is 13.5 Å². The molecule has 2 unspecified atom stereocenters. The average molecular weight is 227 g/mol. The van der Waals surface area contributed by atoms with Gasteiger partial charge in [0.1, 0.15) is 5.75 Å². The van der Waals surface area contributed by atoms with Gasteiger partial charge in [-0.05, 0) is 30.4 Å². The van der Waals surface area contributed by atoms with Crippen molar-refractivity contribution in [2.45, 2.75) is 31.2 Å². The normalized spacial score (nSPS) is 21.4. The molecule has 4 heteroatoms. The first-order chi connectivity index (χ1) is 7.68. The van der Waals surface area contributed by atoms with Crippen LogP contribution in [0.4, 0.5) is 8.78 Å². The predicted molar refractivity (Wildman–Crippen MR) is 57.9 cm³/mol. The van der Waals surface area contributed by atoms with Crippen molar-refractivity contribution in [2.75, 3.05) is 6.61 Å². The molecule has 2 nitrogen and oxygen atoms in total. The number of nitrogens with two attached hydrogens (primary N) is 1. The number of benzene rings is 1. The van der Waals surface area contributed by atoms with E-state index in [2.05, 4.69) is 0 Å². The van der Waals surface area contributed by atoms with Crippen LogP contribution in [0.15, 0.2) is 24.3 Å². The molecule has 0 aromatic heterocycles. The number of hydrogen-bond donors (Lipinski definition) is 1. The summed E-state index contributed by atoms with van der Waals surface area (Å²) in [5.74, 6) is 0.897. The van der Waals surface area contributed by atoms with Crippen LogP contribution in [0.2, 0.25) is 0 Å². The van der Waals surface area contributed by atoms with Crippen LogP contribution in [0.3, 0.4) is 0 Å². The molecule has 1 aromatic carbocycles. The van der Waals surface area contributed by atoms with E-state index in [1.807, 2.05) is 24.3 Å². The smallest absolute Gasteiger partial charge is 0.253 e. The van der Waals surface area contributed by atoms with Crippen LogP contribution in [-0.4, -0.2) is 19.1 Å². The Morgan fingerprint density at radius 3 is 2.88 bits per heavy atom. The Morgan fingerprint density at radius 1 is 1.38 bits per heavy atom. The van der Waals surface area contributed by atoms with Gasteiger partial charge in [0.2, 0.25) is 0 Å². The Labute approximate surface area is 93.4 Å². The standard InChI is InChI=1S/C12H15F2NO/c13-12(14)10(15)7-8-5-6-16-11-4-2-1-3-9(8)11/h1-4,8,10,12H,5-7,15H2. The molecule has 1 heterocycles. The van der Waals surface area contributed by atoms with Crippen molar-refractivity contribution in [1.82, 2.24) is 0 Å². The van der Waals surface area contributed by atoms with Crippen LogP contribution in [0.1, 0.15) is 24.3 Å². The molecule has 2 rings (SSSR count). The van der Waals surface area contributed by atoms with Crippen molar-refractivity contribution in [3.8, 4) is 5.75 Å². The lowest BCUT2D eigenvalue weighted by atomic mass is 9.88. The summed E-state index contributed by atoms with van der Waals surface area (Å²) in [6, 6.07) is 6.53. The first-order valence-corrected chi connectivity index (χ1v) is 5.44. The highest BCUT2D eigenvalue weighted by Crippen LogP contribution is 2.36. The van der Waals surface area contributed by atoms with Gasteiger partial charge in [-0.25, -0.2) is 8.78 Å². The second kappa shape index (κ2) is 4.78. The Hall–Kier alpha value is -1.16. The fourth-order valence-electron chi connectivity index (χ4n) is 2.09. The summed E-state index contributed by atoms with van der Waals surface area (Å²) in [4.78, 5) is 0. The van der Waals surface area contributed by atoms with Crippen LogP contribution in [0.5, 0.6) is 5.75 Å². The van der Waals surface area contributed by atoms with Crippen molar-refractivity contribution in [3.63, 3.8) is 0 Å². The summed E-state index contributed by atoms with van der Waals surface area (Å²) < 4.78 is 30.3. The summed E-state index contributed by atoms with van der Waals surface area (Å²) in [6.45, 7) is 0.581. The van der Waals surface area contributed by atoms with Crippen molar-refractivity contribution >= 4 is 0 Å². The lowest BCUT2D eigenvalue weighted by molar-refractivity contribution is 0.105. The fraction of sp³-hybridized carbons (Fsp3) is 0.500. The molecule has 1 aromatic rings. The van der Waals surface area contributed by atoms with Gasteiger partial charge in [-0.1, -0.05) is 18.2 Å². The predicted octanol–water partition coefficient (Wildman–Crippen LogP) is 2.54. The van der Waals surface area contributed by atoms with E-state index in [0.29, 0.717) is 13.0 Å². The minimum atomic E-state index is -2.45. The van der Waals surface area contributed by atoms with Gasteiger partial charge >= 0.3 is 0 Å². The lowest BCUT2D eigenvalue weighted by Crippen LogP contribution is -2.31. The zero-order chi connectivity index (χ0) is 11.5. The summed E-state index contributed by atoms with van der Waals surface area (Å²) >= 11 is 0. The molecule has 0 spiro atoms. The molecule has 88 valence electrons. The minimum Gasteiger partial charge on any atom is -0.493 e. The number of rotatable bonds is 3. The number of para-hydroxylation sites is 1. The molecular weight excluding hydrogens is 212 g/mol. The fourth-order valence-corrected chi connectivity index (χ4v) is 2.09. The maximum atomic E-state index is 12.4. The first kappa shape index (κ1) is 11.3. The number of fused-ring (bicyclic) bond motifs is 1. The van der Waals surface area contributed by atoms with E-state index in [0.717, 1.165) is 17.7 Å². The highest BCUT2D eigenvalue weighted by atomic mass is 19.3. The van der Waals surface area contributed by atoms with Crippen molar-refractivity contribution in [3.05, 3.63) is 29.8 Å². The van der Waals surface area contributed by atoms with Gasteiger partial charge in [-0.3, -0.25) is 0 Å². The van der Waals surface area contributed by atoms with Gasteiger partial charge in [0.25, 0.3) is 6.43 Å². The summed E-state index contributed by atoms with van der Waals surface area (Å²) in [7, 11) is 0. The van der Waals surface area contributed by atoms with E-state index < -0.39 is 12.5 Å². The molecule has 0 fully saturated rings. The number of halogens is 2. The molecule has 0 aliphatic carbocycles. The SMILES string of the molecule is NC(CC1CCOc2ccccc21)C(F)F. The molecule has 0 radical (unpaired) electrons. The Morgan fingerprint density at radius 2 is 2.12 bits per heavy atom. The molecule has 0 saturated heterocycles. The van der Waals surface area contributed by atoms with Gasteiger partial charge in [0, 0.05) is 0 Å². The van der Waals surface area contributed by atoms with E-state index >= 15 is 0 Å². The summed E-state index contributed by atoms with van der Waals surface area (Å²) in [5, 5.41) is 0. The number of hydrogen-bond acceptors (Lipinski definition) is 2. The third-order valence-electron chi connectivity index (χ3n) is 2.96. The van der Waals surface area contributed by atoms with E-state index in [-0.39, 0.29) is 5.92 Å². The molecule has 0 amide bonds. The van der Waals surface area contributed by atoms with Crippen LogP contribution in [0.25, 0.3) is 0 Å². The number of ether oxygens (including phenoxy) is 1. The van der Waals surface area contributed by atoms with Gasteiger partial charge in [0.15, 0.2) is 0 Å². The molecule has 1 aliphatic heterocycles. The van der Waals surface area contributed by atoms with Crippen LogP contribution in [-0.2, 0) is 0 Å². The quantitative estimate of drug-likeness (QED) is 0.861. The van der Waals surface area contributed by atoms with E-state index in [1.165, 1.54) is 0 Å². The van der Waals surface area contributed by atoms with Crippen LogP contribution in [0, 0.1) is 0 Å². The largest absolute Gasteiger partial charge is 0.493 e. The minimum absolute atomic E-state index is 0.0916. The topological polar surface area (TPSA) is 35.2 Å². The maximum absolute atomic E-state index is 12.4. The molecule has 0 bridgehead atoms. The van der Waals surface area contributed by atoms with Gasteiger partial charge < -0.3 is 10.5 Å². The first-order valence-electron chi connectivity index (χ1n) is 5.44. The van der Waals surface area contributed by atoms with Crippen molar-refractivity contribution in [2.24, 2.45) is 5.73 Å². The maximum Gasteiger partial charge on any atom is 0.253 e. The van der Waals surface area contributed by atoms with E-state index in [1.54, 1.807) is 0 Å². The van der Waals surface area contributed by atoms with Gasteiger partial charge in [-0.2, -0.15) is 0 Å². The molecule has 0 saturated carbocycles. The highest BCUT2D eigenvalue weighted by Gasteiger charge is 2.26. The van der Waals surface area contributed by atoms with E-state index in [9.17, 15) is 8.78 Å². The molecule has 1 aliphatic rings. The second-order valence-electron chi connectivity index (χ2n) is 4.11. The Bertz CT molecular complexity index is 357. The van der Waals surface area contributed by atoms with Crippen LogP contribution < -0.4 is 10.5 Å². The third kappa shape index (κ3) is 2.32. The molecule has 16 heavy (non-hydrogen) atoms. The lowest BCUT2D eigenvalue weighted by Gasteiger charge is -2.27. The zero-order valence-corrected chi connectivity index (χ0v) is 8.90. The average Bonchev–Trinajstić information content (AvgIpc) is 2.29. The molecule has 2 atom stereocenters. The summed E-state index contributed by atoms with van der Waals surface area (Å²) in [6.07, 6.45) is -1.37. The zero-order valence-electron chi connectivity index (χ0n) is 8.90. The molecule has 2 N–H and O–H groups in total. The molecular formula is C12H15F2NO. The van der Waals surface area contributed by atoms with Gasteiger partial charge in [-0.15, -0.1) is 0 Å². The second-order valence-corrected chi connectivity index (χ2v) is 4.11. The third-order valence-corrected chi connectivity index (χ3v) is 2.96. The monoisotopic (exact) mass is 227 g/mol. The Balaban J connectivity index is 2.13. The van der Waals surface area contributed by atoms with Gasteiger partial charge in [0.05, 0.1) is 12.6 Å². The number of alkyl halides is 2.